The van der Waals surface area contributed by atoms with E-state index in [0.29, 0.717) is 32.7 Å². The van der Waals surface area contributed by atoms with Gasteiger partial charge in [-0.2, -0.15) is 0 Å². The second-order valence-electron chi connectivity index (χ2n) is 5.01. The number of hydrogen-bond acceptors (Lipinski definition) is 3. The van der Waals surface area contributed by atoms with Crippen LogP contribution in [0.4, 0.5) is 0 Å². The van der Waals surface area contributed by atoms with Crippen LogP contribution in [0.5, 0.6) is 0 Å². The predicted octanol–water partition coefficient (Wildman–Crippen LogP) is 4.50. The van der Waals surface area contributed by atoms with Gasteiger partial charge in [-0.3, -0.25) is 0 Å². The third kappa shape index (κ3) is 2.98. The highest BCUT2D eigenvalue weighted by Gasteiger charge is 2.22. The minimum Gasteiger partial charge on any atom is -0.477 e. The van der Waals surface area contributed by atoms with Crippen LogP contribution in [0.15, 0.2) is 41.2 Å². The van der Waals surface area contributed by atoms with Gasteiger partial charge in [0, 0.05) is 10.0 Å². The highest BCUT2D eigenvalue weighted by Crippen LogP contribution is 2.27. The largest absolute Gasteiger partial charge is 0.477 e. The molecule has 5 nitrogen and oxygen atoms in total. The maximum Gasteiger partial charge on any atom is 0.354 e. The van der Waals surface area contributed by atoms with Crippen molar-refractivity contribution in [1.29, 1.82) is 0 Å². The van der Waals surface area contributed by atoms with Crippen molar-refractivity contribution in [2.45, 2.75) is 13.5 Å². The van der Waals surface area contributed by atoms with E-state index in [1.54, 1.807) is 35.8 Å². The number of rotatable bonds is 4. The lowest BCUT2D eigenvalue weighted by molar-refractivity contribution is 0.0685. The topological polar surface area (TPSA) is 68.3 Å². The minimum atomic E-state index is -1.05. The number of aryl methyl sites for hydroxylation is 1. The van der Waals surface area contributed by atoms with E-state index < -0.39 is 5.97 Å². The standard InChI is InChI=1S/C16H12Cl2N2O3/c1-9-14(16(21)22)20(15(19-9)10-4-5-23-8-10)7-11-6-12(17)2-3-13(11)18/h2-6,8H,7H2,1H3,(H,21,22). The molecule has 0 spiro atoms. The van der Waals surface area contributed by atoms with Crippen LogP contribution in [0.25, 0.3) is 11.4 Å². The first-order valence-corrected chi connectivity index (χ1v) is 7.50. The number of nitrogens with zero attached hydrogens (tertiary/aromatic N) is 2. The molecule has 7 heteroatoms. The smallest absolute Gasteiger partial charge is 0.354 e. The zero-order chi connectivity index (χ0) is 16.6. The SMILES string of the molecule is Cc1nc(-c2ccoc2)n(Cc2cc(Cl)ccc2Cl)c1C(=O)O. The summed E-state index contributed by atoms with van der Waals surface area (Å²) < 4.78 is 6.68. The Bertz CT molecular complexity index is 870. The van der Waals surface area contributed by atoms with Crippen LogP contribution in [0, 0.1) is 6.92 Å². The van der Waals surface area contributed by atoms with Crippen LogP contribution in [0.1, 0.15) is 21.7 Å². The Balaban J connectivity index is 2.16. The molecule has 0 saturated heterocycles. The summed E-state index contributed by atoms with van der Waals surface area (Å²) in [5, 5.41) is 10.6. The van der Waals surface area contributed by atoms with Crippen LogP contribution in [-0.4, -0.2) is 20.6 Å². The molecule has 2 aromatic heterocycles. The van der Waals surface area contributed by atoms with Gasteiger partial charge in [0.2, 0.25) is 0 Å². The number of halogens is 2. The minimum absolute atomic E-state index is 0.109. The second kappa shape index (κ2) is 6.10. The number of carboxylic acids is 1. The van der Waals surface area contributed by atoms with Crippen LogP contribution < -0.4 is 0 Å². The average molecular weight is 351 g/mol. The third-order valence-electron chi connectivity index (χ3n) is 3.46. The van der Waals surface area contributed by atoms with Gasteiger partial charge < -0.3 is 14.1 Å². The first-order valence-electron chi connectivity index (χ1n) is 6.74. The summed E-state index contributed by atoms with van der Waals surface area (Å²) in [5.74, 6) is -0.549. The van der Waals surface area contributed by atoms with Gasteiger partial charge in [-0.25, -0.2) is 9.78 Å². The maximum absolute atomic E-state index is 11.6. The lowest BCUT2D eigenvalue weighted by Gasteiger charge is -2.11. The molecule has 0 atom stereocenters. The van der Waals surface area contributed by atoms with E-state index in [9.17, 15) is 9.90 Å². The van der Waals surface area contributed by atoms with Crippen molar-refractivity contribution in [3.8, 4) is 11.4 Å². The normalized spacial score (nSPS) is 10.9. The Labute approximate surface area is 142 Å². The van der Waals surface area contributed by atoms with E-state index in [0.717, 1.165) is 0 Å². The molecule has 0 aliphatic carbocycles. The molecule has 0 fully saturated rings. The Kier molecular flexibility index (Phi) is 4.15. The van der Waals surface area contributed by atoms with Gasteiger partial charge in [0.1, 0.15) is 12.1 Å². The zero-order valence-corrected chi connectivity index (χ0v) is 13.6. The lowest BCUT2D eigenvalue weighted by atomic mass is 10.2. The van der Waals surface area contributed by atoms with Gasteiger partial charge >= 0.3 is 5.97 Å². The predicted molar refractivity (Wildman–Crippen MR) is 87.2 cm³/mol. The Morgan fingerprint density at radius 2 is 2.13 bits per heavy atom. The molecule has 3 aromatic rings. The number of aromatic carboxylic acids is 1. The summed E-state index contributed by atoms with van der Waals surface area (Å²) in [6, 6.07) is 6.80. The lowest BCUT2D eigenvalue weighted by Crippen LogP contribution is -2.12. The Morgan fingerprint density at radius 3 is 2.78 bits per heavy atom. The van der Waals surface area contributed by atoms with E-state index in [4.69, 9.17) is 27.6 Å². The number of carboxylic acid groups (broad SMARTS) is 1. The molecule has 0 aliphatic heterocycles. The first kappa shape index (κ1) is 15.6. The summed E-state index contributed by atoms with van der Waals surface area (Å²) in [6.07, 6.45) is 3.03. The van der Waals surface area contributed by atoms with Crippen molar-refractivity contribution in [3.63, 3.8) is 0 Å². The van der Waals surface area contributed by atoms with Gasteiger partial charge in [-0.05, 0) is 36.8 Å². The summed E-state index contributed by atoms with van der Waals surface area (Å²) >= 11 is 12.2. The molecule has 0 unspecified atom stereocenters. The number of hydrogen-bond donors (Lipinski definition) is 1. The molecule has 1 aromatic carbocycles. The molecule has 0 amide bonds. The van der Waals surface area contributed by atoms with Crippen molar-refractivity contribution >= 4 is 29.2 Å². The first-order chi connectivity index (χ1) is 11.0. The molecule has 23 heavy (non-hydrogen) atoms. The van der Waals surface area contributed by atoms with Crippen molar-refractivity contribution in [2.75, 3.05) is 0 Å². The molecular weight excluding hydrogens is 339 g/mol. The zero-order valence-electron chi connectivity index (χ0n) is 12.1. The van der Waals surface area contributed by atoms with Gasteiger partial charge in [0.15, 0.2) is 5.69 Å². The Hall–Kier alpha value is -2.24. The molecule has 118 valence electrons. The van der Waals surface area contributed by atoms with Crippen molar-refractivity contribution < 1.29 is 14.3 Å². The summed E-state index contributed by atoms with van der Waals surface area (Å²) in [6.45, 7) is 1.89. The maximum atomic E-state index is 11.6. The van der Waals surface area contributed by atoms with Crippen molar-refractivity contribution in [1.82, 2.24) is 9.55 Å². The van der Waals surface area contributed by atoms with Crippen LogP contribution >= 0.6 is 23.2 Å². The van der Waals surface area contributed by atoms with Crippen LogP contribution in [-0.2, 0) is 6.54 Å². The molecular formula is C16H12Cl2N2O3. The van der Waals surface area contributed by atoms with Gasteiger partial charge in [0.05, 0.1) is 24.1 Å². The van der Waals surface area contributed by atoms with Gasteiger partial charge in [-0.1, -0.05) is 23.2 Å². The summed E-state index contributed by atoms with van der Waals surface area (Å²) in [4.78, 5) is 16.0. The van der Waals surface area contributed by atoms with E-state index in [1.165, 1.54) is 12.5 Å². The molecule has 2 heterocycles. The molecule has 3 rings (SSSR count). The van der Waals surface area contributed by atoms with Crippen LogP contribution in [0.2, 0.25) is 10.0 Å². The number of furan rings is 1. The van der Waals surface area contributed by atoms with Gasteiger partial charge in [-0.15, -0.1) is 0 Å². The monoisotopic (exact) mass is 350 g/mol. The average Bonchev–Trinajstić information content (AvgIpc) is 3.10. The number of benzene rings is 1. The fourth-order valence-electron chi connectivity index (χ4n) is 2.44. The summed E-state index contributed by atoms with van der Waals surface area (Å²) in [5.41, 5.74) is 1.94. The quantitative estimate of drug-likeness (QED) is 0.751. The molecule has 0 bridgehead atoms. The Morgan fingerprint density at radius 1 is 1.35 bits per heavy atom. The van der Waals surface area contributed by atoms with E-state index in [1.807, 2.05) is 0 Å². The van der Waals surface area contributed by atoms with E-state index in [2.05, 4.69) is 4.98 Å². The summed E-state index contributed by atoms with van der Waals surface area (Å²) in [7, 11) is 0. The third-order valence-corrected chi connectivity index (χ3v) is 4.06. The van der Waals surface area contributed by atoms with Gasteiger partial charge in [0.25, 0.3) is 0 Å². The highest BCUT2D eigenvalue weighted by molar-refractivity contribution is 6.33. The van der Waals surface area contributed by atoms with Crippen molar-refractivity contribution in [3.05, 3.63) is 63.8 Å². The van der Waals surface area contributed by atoms with E-state index in [-0.39, 0.29) is 12.2 Å². The fraction of sp³-hybridized carbons (Fsp3) is 0.125. The van der Waals surface area contributed by atoms with Crippen molar-refractivity contribution in [2.24, 2.45) is 0 Å². The second-order valence-corrected chi connectivity index (χ2v) is 5.85. The molecule has 0 saturated carbocycles. The highest BCUT2D eigenvalue weighted by atomic mass is 35.5. The van der Waals surface area contributed by atoms with Crippen LogP contribution in [0.3, 0.4) is 0 Å². The van der Waals surface area contributed by atoms with E-state index >= 15 is 0 Å². The molecule has 0 radical (unpaired) electrons. The molecule has 0 aliphatic rings. The number of imidazole rings is 1. The number of carbonyl (C=O) groups is 1. The molecule has 1 N–H and O–H groups in total. The fourth-order valence-corrected chi connectivity index (χ4v) is 2.82. The number of aromatic nitrogens is 2.